The molecule has 0 bridgehead atoms. The highest BCUT2D eigenvalue weighted by molar-refractivity contribution is 7.85. The molecule has 0 fully saturated rings. The summed E-state index contributed by atoms with van der Waals surface area (Å²) in [5.41, 5.74) is 1.67. The predicted octanol–water partition coefficient (Wildman–Crippen LogP) is 1.01. The molecule has 0 aromatic heterocycles. The van der Waals surface area contributed by atoms with Gasteiger partial charge in [-0.05, 0) is 24.3 Å². The molecule has 0 aliphatic carbocycles. The number of benzene rings is 1. The molecule has 15 heavy (non-hydrogen) atoms. The van der Waals surface area contributed by atoms with E-state index in [4.69, 9.17) is 4.55 Å². The zero-order valence-corrected chi connectivity index (χ0v) is 9.45. The van der Waals surface area contributed by atoms with Crippen LogP contribution in [0.3, 0.4) is 0 Å². The van der Waals surface area contributed by atoms with Crippen LogP contribution in [0.25, 0.3) is 0 Å². The van der Waals surface area contributed by atoms with Crippen molar-refractivity contribution in [2.45, 2.75) is 0 Å². The Morgan fingerprint density at radius 3 is 2.20 bits per heavy atom. The molecule has 1 rings (SSSR count). The van der Waals surface area contributed by atoms with Crippen molar-refractivity contribution in [2.24, 2.45) is 0 Å². The summed E-state index contributed by atoms with van der Waals surface area (Å²) >= 11 is 0. The number of anilines is 2. The van der Waals surface area contributed by atoms with Gasteiger partial charge in [0.15, 0.2) is 0 Å². The van der Waals surface area contributed by atoms with Crippen molar-refractivity contribution in [3.05, 3.63) is 24.3 Å². The lowest BCUT2D eigenvalue weighted by molar-refractivity contribution is 0.485. The fraction of sp³-hybridized carbons (Fsp3) is 0.333. The van der Waals surface area contributed by atoms with Crippen molar-refractivity contribution < 1.29 is 13.0 Å². The van der Waals surface area contributed by atoms with Crippen molar-refractivity contribution in [1.82, 2.24) is 0 Å². The van der Waals surface area contributed by atoms with E-state index in [9.17, 15) is 8.42 Å². The molecule has 0 aliphatic rings. The lowest BCUT2D eigenvalue weighted by atomic mass is 10.3. The molecule has 84 valence electrons. The van der Waals surface area contributed by atoms with Crippen LogP contribution in [0.2, 0.25) is 0 Å². The third-order valence-corrected chi connectivity index (χ3v) is 2.35. The number of hydrogen-bond acceptors (Lipinski definition) is 4. The highest BCUT2D eigenvalue weighted by Gasteiger charge is 2.03. The fourth-order valence-corrected chi connectivity index (χ4v) is 1.40. The maximum Gasteiger partial charge on any atom is 0.283 e. The minimum absolute atomic E-state index is 0.478. The number of rotatable bonds is 4. The van der Waals surface area contributed by atoms with E-state index in [1.54, 1.807) is 12.1 Å². The molecule has 0 saturated heterocycles. The largest absolute Gasteiger partial charge is 0.378 e. The normalized spacial score (nSPS) is 11.1. The first-order valence-electron chi connectivity index (χ1n) is 4.35. The van der Waals surface area contributed by atoms with Gasteiger partial charge in [-0.1, -0.05) is 0 Å². The number of nitrogens with zero attached hydrogens (tertiary/aromatic N) is 1. The van der Waals surface area contributed by atoms with E-state index in [0.29, 0.717) is 5.69 Å². The van der Waals surface area contributed by atoms with E-state index >= 15 is 0 Å². The molecule has 0 heterocycles. The molecular weight excluding hydrogens is 216 g/mol. The Labute approximate surface area is 89.5 Å². The molecule has 1 aromatic carbocycles. The number of hydrogen-bond donors (Lipinski definition) is 2. The summed E-state index contributed by atoms with van der Waals surface area (Å²) in [6, 6.07) is 7.21. The van der Waals surface area contributed by atoms with Crippen LogP contribution in [-0.2, 0) is 10.1 Å². The topological polar surface area (TPSA) is 69.6 Å². The molecule has 0 spiro atoms. The zero-order chi connectivity index (χ0) is 11.5. The second kappa shape index (κ2) is 4.50. The van der Waals surface area contributed by atoms with Crippen LogP contribution in [0.1, 0.15) is 0 Å². The lowest BCUT2D eigenvalue weighted by Gasteiger charge is -2.12. The summed E-state index contributed by atoms with van der Waals surface area (Å²) in [4.78, 5) is 1.94. The molecule has 0 unspecified atom stereocenters. The quantitative estimate of drug-likeness (QED) is 0.755. The van der Waals surface area contributed by atoms with Crippen molar-refractivity contribution in [3.8, 4) is 0 Å². The van der Waals surface area contributed by atoms with E-state index in [-0.39, 0.29) is 0 Å². The highest BCUT2D eigenvalue weighted by Crippen LogP contribution is 2.15. The van der Waals surface area contributed by atoms with Crippen LogP contribution in [0.4, 0.5) is 11.4 Å². The summed E-state index contributed by atoms with van der Waals surface area (Å²) in [5.74, 6) is -0.478. The van der Waals surface area contributed by atoms with Gasteiger partial charge in [-0.25, -0.2) is 0 Å². The molecule has 6 heteroatoms. The van der Waals surface area contributed by atoms with Gasteiger partial charge in [0.25, 0.3) is 10.1 Å². The Morgan fingerprint density at radius 2 is 1.80 bits per heavy atom. The summed E-state index contributed by atoms with van der Waals surface area (Å²) in [5, 5.41) is 2.59. The molecule has 0 atom stereocenters. The van der Waals surface area contributed by atoms with E-state index in [1.807, 2.05) is 31.1 Å². The first-order valence-corrected chi connectivity index (χ1v) is 5.96. The van der Waals surface area contributed by atoms with Gasteiger partial charge in [-0.15, -0.1) is 0 Å². The predicted molar refractivity (Wildman–Crippen MR) is 60.8 cm³/mol. The van der Waals surface area contributed by atoms with Gasteiger partial charge < -0.3 is 10.2 Å². The third kappa shape index (κ3) is 4.18. The van der Waals surface area contributed by atoms with Crippen LogP contribution in [0.5, 0.6) is 0 Å². The van der Waals surface area contributed by atoms with E-state index in [2.05, 4.69) is 5.32 Å². The molecule has 0 amide bonds. The Bertz CT molecular complexity index is 411. The zero-order valence-electron chi connectivity index (χ0n) is 8.64. The molecule has 0 aliphatic heterocycles. The monoisotopic (exact) mass is 230 g/mol. The summed E-state index contributed by atoms with van der Waals surface area (Å²) in [7, 11) is -0.136. The second-order valence-electron chi connectivity index (χ2n) is 3.34. The standard InChI is InChI=1S/C9H14N2O3S/c1-11(2)9-5-3-8(4-6-9)10-7-15(12,13)14/h3-6,10H,7H2,1-2H3,(H,12,13,14). The first-order chi connectivity index (χ1) is 6.88. The molecule has 5 nitrogen and oxygen atoms in total. The Kier molecular flexibility index (Phi) is 3.54. The SMILES string of the molecule is CN(C)c1ccc(NCS(=O)(=O)O)cc1. The highest BCUT2D eigenvalue weighted by atomic mass is 32.2. The Morgan fingerprint density at radius 1 is 1.27 bits per heavy atom. The van der Waals surface area contributed by atoms with E-state index < -0.39 is 16.0 Å². The van der Waals surface area contributed by atoms with Crippen molar-refractivity contribution in [3.63, 3.8) is 0 Å². The van der Waals surface area contributed by atoms with Crippen molar-refractivity contribution in [2.75, 3.05) is 30.2 Å². The van der Waals surface area contributed by atoms with Gasteiger partial charge in [0, 0.05) is 25.5 Å². The molecule has 0 radical (unpaired) electrons. The van der Waals surface area contributed by atoms with Crippen LogP contribution in [-0.4, -0.2) is 32.9 Å². The van der Waals surface area contributed by atoms with Gasteiger partial charge in [-0.3, -0.25) is 4.55 Å². The fourth-order valence-electron chi connectivity index (χ4n) is 1.05. The van der Waals surface area contributed by atoms with Crippen molar-refractivity contribution in [1.29, 1.82) is 0 Å². The molecule has 2 N–H and O–H groups in total. The van der Waals surface area contributed by atoms with Crippen LogP contribution < -0.4 is 10.2 Å². The molecule has 1 aromatic rings. The molecular formula is C9H14N2O3S. The Balaban J connectivity index is 2.65. The van der Waals surface area contributed by atoms with Gasteiger partial charge in [0.05, 0.1) is 0 Å². The maximum atomic E-state index is 10.5. The smallest absolute Gasteiger partial charge is 0.283 e. The minimum Gasteiger partial charge on any atom is -0.378 e. The van der Waals surface area contributed by atoms with Crippen molar-refractivity contribution >= 4 is 21.5 Å². The summed E-state index contributed by atoms with van der Waals surface area (Å²) < 4.78 is 29.5. The van der Waals surface area contributed by atoms with E-state index in [1.165, 1.54) is 0 Å². The van der Waals surface area contributed by atoms with E-state index in [0.717, 1.165) is 5.69 Å². The van der Waals surface area contributed by atoms with Gasteiger partial charge in [0.2, 0.25) is 0 Å². The summed E-state index contributed by atoms with van der Waals surface area (Å²) in [6.45, 7) is 0. The van der Waals surface area contributed by atoms with Crippen LogP contribution in [0.15, 0.2) is 24.3 Å². The maximum absolute atomic E-state index is 10.5. The third-order valence-electron chi connectivity index (χ3n) is 1.84. The minimum atomic E-state index is -3.97. The average Bonchev–Trinajstić information content (AvgIpc) is 2.14. The number of nitrogens with one attached hydrogen (secondary N) is 1. The molecule has 0 saturated carbocycles. The second-order valence-corrected chi connectivity index (χ2v) is 4.80. The Hall–Kier alpha value is -1.27. The van der Waals surface area contributed by atoms with Gasteiger partial charge in [-0.2, -0.15) is 8.42 Å². The lowest BCUT2D eigenvalue weighted by Crippen LogP contribution is -2.13. The van der Waals surface area contributed by atoms with Crippen LogP contribution >= 0.6 is 0 Å². The van der Waals surface area contributed by atoms with Crippen LogP contribution in [0, 0.1) is 0 Å². The average molecular weight is 230 g/mol. The summed E-state index contributed by atoms with van der Waals surface area (Å²) in [6.07, 6.45) is 0. The van der Waals surface area contributed by atoms with Gasteiger partial charge in [0.1, 0.15) is 5.88 Å². The first kappa shape index (κ1) is 11.8. The van der Waals surface area contributed by atoms with Gasteiger partial charge >= 0.3 is 0 Å².